The predicted molar refractivity (Wildman–Crippen MR) is 169 cm³/mol. The Kier molecular flexibility index (Phi) is 10.6. The van der Waals surface area contributed by atoms with E-state index in [1.807, 2.05) is 108 Å². The Morgan fingerprint density at radius 1 is 0.833 bits per heavy atom. The van der Waals surface area contributed by atoms with E-state index in [4.69, 9.17) is 0 Å². The van der Waals surface area contributed by atoms with Crippen LogP contribution in [0.2, 0.25) is 0 Å². The molecule has 1 N–H and O–H groups in total. The van der Waals surface area contributed by atoms with Crippen LogP contribution in [0.1, 0.15) is 48.6 Å². The lowest BCUT2D eigenvalue weighted by Crippen LogP contribution is -2.56. The first-order valence-corrected chi connectivity index (χ1v) is 15.5. The van der Waals surface area contributed by atoms with Gasteiger partial charge in [0.05, 0.1) is 5.69 Å². The molecule has 3 aromatic rings. The lowest BCUT2D eigenvalue weighted by Gasteiger charge is -2.36. The summed E-state index contributed by atoms with van der Waals surface area (Å²) in [6.45, 7) is 11.0. The summed E-state index contributed by atoms with van der Waals surface area (Å²) >= 11 is 0. The van der Waals surface area contributed by atoms with Gasteiger partial charge in [0.15, 0.2) is 0 Å². The smallest absolute Gasteiger partial charge is 0.304 e. The van der Waals surface area contributed by atoms with Gasteiger partial charge in [-0.05, 0) is 69.9 Å². The molecule has 0 spiro atoms. The van der Waals surface area contributed by atoms with Gasteiger partial charge >= 0.3 is 10.2 Å². The highest BCUT2D eigenvalue weighted by Crippen LogP contribution is 2.26. The number of amides is 2. The van der Waals surface area contributed by atoms with Gasteiger partial charge in [0, 0.05) is 32.6 Å². The molecule has 0 saturated carbocycles. The third kappa shape index (κ3) is 8.66. The lowest BCUT2D eigenvalue weighted by molar-refractivity contribution is -0.140. The van der Waals surface area contributed by atoms with Crippen LogP contribution in [0, 0.1) is 20.8 Å². The minimum Gasteiger partial charge on any atom is -0.350 e. The third-order valence-corrected chi connectivity index (χ3v) is 8.70. The molecule has 9 heteroatoms. The van der Waals surface area contributed by atoms with Gasteiger partial charge in [-0.25, -0.2) is 4.31 Å². The second-order valence-electron chi connectivity index (χ2n) is 12.0. The van der Waals surface area contributed by atoms with E-state index in [1.54, 1.807) is 6.07 Å². The molecule has 8 nitrogen and oxygen atoms in total. The minimum absolute atomic E-state index is 0.136. The lowest BCUT2D eigenvalue weighted by atomic mass is 10.0. The van der Waals surface area contributed by atoms with Crippen LogP contribution in [0.15, 0.2) is 72.8 Å². The first-order valence-electron chi connectivity index (χ1n) is 14.1. The average molecular weight is 593 g/mol. The summed E-state index contributed by atoms with van der Waals surface area (Å²) in [5, 5.41) is 3.05. The average Bonchev–Trinajstić information content (AvgIpc) is 2.91. The topological polar surface area (TPSA) is 90.0 Å². The van der Waals surface area contributed by atoms with Crippen LogP contribution < -0.4 is 9.62 Å². The number of benzene rings is 3. The van der Waals surface area contributed by atoms with Gasteiger partial charge in [-0.2, -0.15) is 12.7 Å². The summed E-state index contributed by atoms with van der Waals surface area (Å²) in [5.41, 5.74) is 4.26. The summed E-state index contributed by atoms with van der Waals surface area (Å²) in [6.07, 6.45) is 0.268. The number of hydrogen-bond acceptors (Lipinski definition) is 4. The van der Waals surface area contributed by atoms with Gasteiger partial charge in [-0.3, -0.25) is 9.59 Å². The molecule has 0 aliphatic carbocycles. The SMILES string of the molecule is Cc1ccc(CN(C(=O)CN(c2cc(C)ccc2C)S(=O)(=O)N(C)C)[C@H](Cc2ccccc2)C(=O)NC(C)(C)C)cc1. The minimum atomic E-state index is -4.05. The second kappa shape index (κ2) is 13.5. The Labute approximate surface area is 251 Å². The van der Waals surface area contributed by atoms with Crippen molar-refractivity contribution in [3.63, 3.8) is 0 Å². The summed E-state index contributed by atoms with van der Waals surface area (Å²) in [5.74, 6) is -0.785. The number of carbonyl (C=O) groups excluding carboxylic acids is 2. The van der Waals surface area contributed by atoms with Crippen LogP contribution in [-0.2, 0) is 32.8 Å². The van der Waals surface area contributed by atoms with Crippen molar-refractivity contribution < 1.29 is 18.0 Å². The Morgan fingerprint density at radius 3 is 2.00 bits per heavy atom. The molecule has 226 valence electrons. The van der Waals surface area contributed by atoms with Crippen molar-refractivity contribution in [1.82, 2.24) is 14.5 Å². The Hall–Kier alpha value is -3.69. The maximum atomic E-state index is 14.4. The van der Waals surface area contributed by atoms with E-state index in [0.29, 0.717) is 5.69 Å². The van der Waals surface area contributed by atoms with Crippen LogP contribution in [0.3, 0.4) is 0 Å². The van der Waals surface area contributed by atoms with Crippen molar-refractivity contribution in [3.05, 3.63) is 101 Å². The van der Waals surface area contributed by atoms with E-state index in [2.05, 4.69) is 5.32 Å². The van der Waals surface area contributed by atoms with Crippen molar-refractivity contribution in [2.24, 2.45) is 0 Å². The van der Waals surface area contributed by atoms with Gasteiger partial charge in [0.25, 0.3) is 0 Å². The molecule has 0 heterocycles. The number of carbonyl (C=O) groups is 2. The van der Waals surface area contributed by atoms with Gasteiger partial charge in [0.1, 0.15) is 12.6 Å². The highest BCUT2D eigenvalue weighted by molar-refractivity contribution is 7.90. The molecule has 0 bridgehead atoms. The summed E-state index contributed by atoms with van der Waals surface area (Å²) in [7, 11) is -1.17. The fourth-order valence-corrected chi connectivity index (χ4v) is 5.70. The quantitative estimate of drug-likeness (QED) is 0.347. The maximum absolute atomic E-state index is 14.4. The monoisotopic (exact) mass is 592 g/mol. The molecule has 42 heavy (non-hydrogen) atoms. The van der Waals surface area contributed by atoms with E-state index in [0.717, 1.165) is 36.4 Å². The summed E-state index contributed by atoms with van der Waals surface area (Å²) < 4.78 is 29.5. The Balaban J connectivity index is 2.14. The number of anilines is 1. The molecule has 0 aliphatic heterocycles. The molecule has 3 aromatic carbocycles. The molecule has 0 radical (unpaired) electrons. The summed E-state index contributed by atoms with van der Waals surface area (Å²) in [4.78, 5) is 29.8. The van der Waals surface area contributed by atoms with Crippen LogP contribution in [0.25, 0.3) is 0 Å². The number of rotatable bonds is 11. The number of nitrogens with one attached hydrogen (secondary N) is 1. The second-order valence-corrected chi connectivity index (χ2v) is 14.1. The van der Waals surface area contributed by atoms with E-state index < -0.39 is 34.2 Å². The molecule has 2 amide bonds. The first kappa shape index (κ1) is 32.8. The molecular weight excluding hydrogens is 548 g/mol. The van der Waals surface area contributed by atoms with Crippen LogP contribution >= 0.6 is 0 Å². The molecule has 0 aromatic heterocycles. The molecule has 0 aliphatic rings. The third-order valence-electron chi connectivity index (χ3n) is 6.89. The van der Waals surface area contributed by atoms with Crippen molar-refractivity contribution in [2.45, 2.75) is 66.1 Å². The molecule has 1 atom stereocenters. The molecule has 0 fully saturated rings. The fraction of sp³-hybridized carbons (Fsp3) is 0.394. The number of aryl methyl sites for hydroxylation is 3. The van der Waals surface area contributed by atoms with Crippen LogP contribution in [-0.4, -0.2) is 61.7 Å². The molecule has 0 unspecified atom stereocenters. The van der Waals surface area contributed by atoms with E-state index in [1.165, 1.54) is 19.0 Å². The maximum Gasteiger partial charge on any atom is 0.304 e. The standard InChI is InChI=1S/C33H44N4O4S/c1-24-15-18-28(19-16-24)22-36(30(32(39)34-33(4,5)6)21-27-12-10-9-11-13-27)31(38)23-37(42(40,41)35(7)8)29-20-25(2)14-17-26(29)3/h9-20,30H,21-23H2,1-8H3,(H,34,39)/t30-/m1/s1. The van der Waals surface area contributed by atoms with Crippen LogP contribution in [0.4, 0.5) is 5.69 Å². The van der Waals surface area contributed by atoms with Crippen molar-refractivity contribution in [3.8, 4) is 0 Å². The van der Waals surface area contributed by atoms with Gasteiger partial charge in [0.2, 0.25) is 11.8 Å². The zero-order chi connectivity index (χ0) is 31.2. The largest absolute Gasteiger partial charge is 0.350 e. The van der Waals surface area contributed by atoms with E-state index in [9.17, 15) is 18.0 Å². The van der Waals surface area contributed by atoms with Crippen LogP contribution in [0.5, 0.6) is 0 Å². The molecule has 3 rings (SSSR count). The van der Waals surface area contributed by atoms with Gasteiger partial charge < -0.3 is 10.2 Å². The Bertz CT molecular complexity index is 1480. The van der Waals surface area contributed by atoms with Gasteiger partial charge in [-0.1, -0.05) is 72.3 Å². The highest BCUT2D eigenvalue weighted by Gasteiger charge is 2.36. The molecular formula is C33H44N4O4S. The van der Waals surface area contributed by atoms with E-state index >= 15 is 0 Å². The number of nitrogens with zero attached hydrogens (tertiary/aromatic N) is 3. The first-order chi connectivity index (χ1) is 19.6. The van der Waals surface area contributed by atoms with Crippen molar-refractivity contribution in [1.29, 1.82) is 0 Å². The van der Waals surface area contributed by atoms with Crippen molar-refractivity contribution in [2.75, 3.05) is 24.9 Å². The zero-order valence-electron chi connectivity index (χ0n) is 26.0. The summed E-state index contributed by atoms with van der Waals surface area (Å²) in [6, 6.07) is 21.9. The van der Waals surface area contributed by atoms with E-state index in [-0.39, 0.29) is 18.9 Å². The predicted octanol–water partition coefficient (Wildman–Crippen LogP) is 4.78. The highest BCUT2D eigenvalue weighted by atomic mass is 32.2. The fourth-order valence-electron chi connectivity index (χ4n) is 4.59. The number of hydrogen-bond donors (Lipinski definition) is 1. The van der Waals surface area contributed by atoms with Crippen molar-refractivity contribution >= 4 is 27.7 Å². The molecule has 0 saturated heterocycles. The zero-order valence-corrected chi connectivity index (χ0v) is 26.8. The van der Waals surface area contributed by atoms with Gasteiger partial charge in [-0.15, -0.1) is 0 Å². The normalized spacial score (nSPS) is 12.6. The Morgan fingerprint density at radius 2 is 1.43 bits per heavy atom.